The summed E-state index contributed by atoms with van der Waals surface area (Å²) in [5, 5.41) is 0. The molecule has 1 amide bonds. The molecule has 1 atom stereocenters. The first-order valence-electron chi connectivity index (χ1n) is 7.78. The lowest BCUT2D eigenvalue weighted by atomic mass is 10.1. The van der Waals surface area contributed by atoms with Gasteiger partial charge < -0.3 is 4.90 Å². The van der Waals surface area contributed by atoms with Crippen LogP contribution in [-0.4, -0.2) is 43.3 Å². The van der Waals surface area contributed by atoms with E-state index in [1.807, 2.05) is 6.92 Å². The maximum atomic E-state index is 12.6. The van der Waals surface area contributed by atoms with Crippen molar-refractivity contribution in [3.8, 4) is 0 Å². The fraction of sp³-hybridized carbons (Fsp3) is 0.562. The molecule has 0 aromatic heterocycles. The van der Waals surface area contributed by atoms with E-state index in [1.54, 1.807) is 4.90 Å². The highest BCUT2D eigenvalue weighted by molar-refractivity contribution is 7.91. The van der Waals surface area contributed by atoms with Crippen LogP contribution in [0.15, 0.2) is 24.3 Å². The van der Waals surface area contributed by atoms with E-state index in [0.717, 1.165) is 12.1 Å². The Morgan fingerprint density at radius 3 is 2.33 bits per heavy atom. The van der Waals surface area contributed by atoms with Gasteiger partial charge in [0, 0.05) is 12.6 Å². The van der Waals surface area contributed by atoms with E-state index in [1.165, 1.54) is 12.1 Å². The molecule has 134 valence electrons. The molecule has 1 unspecified atom stereocenters. The monoisotopic (exact) mass is 363 g/mol. The van der Waals surface area contributed by atoms with E-state index in [9.17, 15) is 26.4 Å². The summed E-state index contributed by atoms with van der Waals surface area (Å²) in [7, 11) is -3.11. The highest BCUT2D eigenvalue weighted by Crippen LogP contribution is 2.29. The van der Waals surface area contributed by atoms with Crippen LogP contribution in [0.25, 0.3) is 0 Å². The van der Waals surface area contributed by atoms with Gasteiger partial charge in [-0.3, -0.25) is 4.79 Å². The van der Waals surface area contributed by atoms with E-state index >= 15 is 0 Å². The second kappa shape index (κ2) is 7.13. The third-order valence-corrected chi connectivity index (χ3v) is 5.82. The Bertz CT molecular complexity index is 684. The average molecular weight is 363 g/mol. The van der Waals surface area contributed by atoms with Gasteiger partial charge in [-0.05, 0) is 30.5 Å². The lowest BCUT2D eigenvalue weighted by Crippen LogP contribution is -2.42. The standard InChI is InChI=1S/C16H20F3NO3S/c1-2-8-20(14-7-9-24(22,23)11-14)15(21)10-12-3-5-13(6-4-12)16(17,18)19/h3-6,14H,2,7-11H2,1H3. The van der Waals surface area contributed by atoms with Crippen molar-refractivity contribution < 1.29 is 26.4 Å². The third kappa shape index (κ3) is 4.72. The Labute approximate surface area is 139 Å². The quantitative estimate of drug-likeness (QED) is 0.808. The Hall–Kier alpha value is -1.57. The summed E-state index contributed by atoms with van der Waals surface area (Å²) in [6.07, 6.45) is -3.33. The molecule has 0 aliphatic carbocycles. The second-order valence-electron chi connectivity index (χ2n) is 6.02. The van der Waals surface area contributed by atoms with Gasteiger partial charge in [0.2, 0.25) is 5.91 Å². The summed E-state index contributed by atoms with van der Waals surface area (Å²) in [5.41, 5.74) is -0.277. The van der Waals surface area contributed by atoms with Crippen molar-refractivity contribution in [2.45, 2.75) is 38.4 Å². The maximum Gasteiger partial charge on any atom is 0.416 e. The zero-order chi connectivity index (χ0) is 18.0. The Morgan fingerprint density at radius 2 is 1.88 bits per heavy atom. The van der Waals surface area contributed by atoms with Gasteiger partial charge in [-0.1, -0.05) is 19.1 Å². The van der Waals surface area contributed by atoms with Crippen molar-refractivity contribution in [1.29, 1.82) is 0 Å². The summed E-state index contributed by atoms with van der Waals surface area (Å²) in [6.45, 7) is 2.33. The minimum Gasteiger partial charge on any atom is -0.338 e. The molecular weight excluding hydrogens is 343 g/mol. The first kappa shape index (κ1) is 18.8. The molecule has 0 N–H and O–H groups in total. The molecule has 24 heavy (non-hydrogen) atoms. The van der Waals surface area contributed by atoms with Crippen molar-refractivity contribution in [2.24, 2.45) is 0 Å². The number of carbonyl (C=O) groups excluding carboxylic acids is 1. The van der Waals surface area contributed by atoms with Gasteiger partial charge in [0.1, 0.15) is 0 Å². The smallest absolute Gasteiger partial charge is 0.338 e. The van der Waals surface area contributed by atoms with E-state index in [-0.39, 0.29) is 29.9 Å². The summed E-state index contributed by atoms with van der Waals surface area (Å²) in [6, 6.07) is 4.14. The third-order valence-electron chi connectivity index (χ3n) is 4.07. The van der Waals surface area contributed by atoms with Crippen molar-refractivity contribution in [3.63, 3.8) is 0 Å². The van der Waals surface area contributed by atoms with Crippen molar-refractivity contribution in [2.75, 3.05) is 18.1 Å². The summed E-state index contributed by atoms with van der Waals surface area (Å²) >= 11 is 0. The minimum atomic E-state index is -4.41. The molecule has 1 fully saturated rings. The van der Waals surface area contributed by atoms with Gasteiger partial charge >= 0.3 is 6.18 Å². The number of alkyl halides is 3. The lowest BCUT2D eigenvalue weighted by Gasteiger charge is -2.28. The second-order valence-corrected chi connectivity index (χ2v) is 8.24. The van der Waals surface area contributed by atoms with E-state index in [2.05, 4.69) is 0 Å². The maximum absolute atomic E-state index is 12.6. The molecule has 0 bridgehead atoms. The molecule has 1 aliphatic heterocycles. The molecule has 8 heteroatoms. The fourth-order valence-electron chi connectivity index (χ4n) is 2.86. The number of amides is 1. The Morgan fingerprint density at radius 1 is 1.25 bits per heavy atom. The molecule has 1 aliphatic rings. The zero-order valence-electron chi connectivity index (χ0n) is 13.3. The Balaban J connectivity index is 2.08. The molecule has 1 saturated heterocycles. The molecule has 2 rings (SSSR count). The van der Waals surface area contributed by atoms with Crippen LogP contribution in [0.1, 0.15) is 30.9 Å². The van der Waals surface area contributed by atoms with Crippen LogP contribution in [0, 0.1) is 0 Å². The number of halogens is 3. The zero-order valence-corrected chi connectivity index (χ0v) is 14.2. The first-order valence-corrected chi connectivity index (χ1v) is 9.60. The van der Waals surface area contributed by atoms with Crippen LogP contribution in [0.4, 0.5) is 13.2 Å². The molecule has 4 nitrogen and oxygen atoms in total. The van der Waals surface area contributed by atoms with E-state index in [4.69, 9.17) is 0 Å². The normalized spacial score (nSPS) is 20.1. The van der Waals surface area contributed by atoms with Crippen molar-refractivity contribution >= 4 is 15.7 Å². The number of rotatable bonds is 5. The average Bonchev–Trinajstić information content (AvgIpc) is 2.84. The van der Waals surface area contributed by atoms with Crippen LogP contribution in [0.3, 0.4) is 0 Å². The van der Waals surface area contributed by atoms with Gasteiger partial charge in [0.15, 0.2) is 9.84 Å². The largest absolute Gasteiger partial charge is 0.416 e. The number of hydrogen-bond donors (Lipinski definition) is 0. The highest BCUT2D eigenvalue weighted by Gasteiger charge is 2.34. The summed E-state index contributed by atoms with van der Waals surface area (Å²) < 4.78 is 60.9. The topological polar surface area (TPSA) is 54.5 Å². The SMILES string of the molecule is CCCN(C(=O)Cc1ccc(C(F)(F)F)cc1)C1CCS(=O)(=O)C1. The summed E-state index contributed by atoms with van der Waals surface area (Å²) in [5.74, 6) is -0.212. The minimum absolute atomic E-state index is 0.0331. The Kier molecular flexibility index (Phi) is 5.57. The van der Waals surface area contributed by atoms with Crippen LogP contribution < -0.4 is 0 Å². The number of sulfone groups is 1. The van der Waals surface area contributed by atoms with E-state index in [0.29, 0.717) is 24.9 Å². The molecule has 0 saturated carbocycles. The van der Waals surface area contributed by atoms with Crippen LogP contribution >= 0.6 is 0 Å². The molecule has 1 heterocycles. The van der Waals surface area contributed by atoms with Gasteiger partial charge in [-0.2, -0.15) is 13.2 Å². The van der Waals surface area contributed by atoms with Crippen LogP contribution in [0.2, 0.25) is 0 Å². The molecule has 1 aromatic carbocycles. The number of carbonyl (C=O) groups is 1. The lowest BCUT2D eigenvalue weighted by molar-refractivity contribution is -0.137. The van der Waals surface area contributed by atoms with Crippen molar-refractivity contribution in [3.05, 3.63) is 35.4 Å². The molecule has 0 spiro atoms. The van der Waals surface area contributed by atoms with Gasteiger partial charge in [0.25, 0.3) is 0 Å². The van der Waals surface area contributed by atoms with Gasteiger partial charge in [0.05, 0.1) is 23.5 Å². The van der Waals surface area contributed by atoms with Crippen LogP contribution in [-0.2, 0) is 27.2 Å². The first-order chi connectivity index (χ1) is 11.1. The fourth-order valence-corrected chi connectivity index (χ4v) is 4.59. The van der Waals surface area contributed by atoms with E-state index < -0.39 is 21.6 Å². The van der Waals surface area contributed by atoms with Gasteiger partial charge in [-0.25, -0.2) is 8.42 Å². The predicted molar refractivity (Wildman–Crippen MR) is 84.2 cm³/mol. The molecule has 1 aromatic rings. The number of hydrogen-bond acceptors (Lipinski definition) is 3. The number of benzene rings is 1. The predicted octanol–water partition coefficient (Wildman–Crippen LogP) is 2.67. The number of nitrogens with zero attached hydrogens (tertiary/aromatic N) is 1. The van der Waals surface area contributed by atoms with Crippen molar-refractivity contribution in [1.82, 2.24) is 4.90 Å². The summed E-state index contributed by atoms with van der Waals surface area (Å²) in [4.78, 5) is 14.0. The molecule has 0 radical (unpaired) electrons. The van der Waals surface area contributed by atoms with Gasteiger partial charge in [-0.15, -0.1) is 0 Å². The molecular formula is C16H20F3NO3S. The van der Waals surface area contributed by atoms with Crippen LogP contribution in [0.5, 0.6) is 0 Å². The highest BCUT2D eigenvalue weighted by atomic mass is 32.2.